The number of rotatable bonds is 4. The van der Waals surface area contributed by atoms with Crippen molar-refractivity contribution in [1.82, 2.24) is 15.1 Å². The van der Waals surface area contributed by atoms with Gasteiger partial charge in [0, 0.05) is 19.2 Å². The Morgan fingerprint density at radius 3 is 2.93 bits per heavy atom. The fraction of sp³-hybridized carbons (Fsp3) is 0.750. The van der Waals surface area contributed by atoms with E-state index in [-0.39, 0.29) is 0 Å². The van der Waals surface area contributed by atoms with Gasteiger partial charge in [0.25, 0.3) is 0 Å². The van der Waals surface area contributed by atoms with Gasteiger partial charge in [0.15, 0.2) is 0 Å². The summed E-state index contributed by atoms with van der Waals surface area (Å²) in [6.07, 6.45) is 9.97. The highest BCUT2D eigenvalue weighted by molar-refractivity contribution is 5.00. The summed E-state index contributed by atoms with van der Waals surface area (Å²) in [6.45, 7) is 1.02. The SMILES string of the molecule is CNCCc1ccn(C2CCCCC2)n1. The van der Waals surface area contributed by atoms with Gasteiger partial charge < -0.3 is 5.32 Å². The highest BCUT2D eigenvalue weighted by Crippen LogP contribution is 2.27. The van der Waals surface area contributed by atoms with Crippen LogP contribution in [-0.2, 0) is 6.42 Å². The van der Waals surface area contributed by atoms with Crippen LogP contribution in [0.2, 0.25) is 0 Å². The molecule has 1 heterocycles. The maximum Gasteiger partial charge on any atom is 0.0637 e. The van der Waals surface area contributed by atoms with Crippen molar-refractivity contribution in [2.45, 2.75) is 44.6 Å². The van der Waals surface area contributed by atoms with Gasteiger partial charge in [0.1, 0.15) is 0 Å². The van der Waals surface area contributed by atoms with E-state index in [0.717, 1.165) is 13.0 Å². The summed E-state index contributed by atoms with van der Waals surface area (Å²) < 4.78 is 2.18. The number of nitrogens with zero attached hydrogens (tertiary/aromatic N) is 2. The molecular formula is C12H21N3. The van der Waals surface area contributed by atoms with E-state index >= 15 is 0 Å². The van der Waals surface area contributed by atoms with Crippen molar-refractivity contribution in [3.05, 3.63) is 18.0 Å². The van der Waals surface area contributed by atoms with Crippen LogP contribution in [0.15, 0.2) is 12.3 Å². The highest BCUT2D eigenvalue weighted by atomic mass is 15.3. The van der Waals surface area contributed by atoms with Crippen molar-refractivity contribution in [3.8, 4) is 0 Å². The smallest absolute Gasteiger partial charge is 0.0637 e. The van der Waals surface area contributed by atoms with Crippen LogP contribution >= 0.6 is 0 Å². The van der Waals surface area contributed by atoms with Gasteiger partial charge in [-0.3, -0.25) is 4.68 Å². The Labute approximate surface area is 91.9 Å². The average molecular weight is 207 g/mol. The van der Waals surface area contributed by atoms with Crippen molar-refractivity contribution >= 4 is 0 Å². The molecule has 0 aliphatic heterocycles. The van der Waals surface area contributed by atoms with E-state index in [9.17, 15) is 0 Å². The van der Waals surface area contributed by atoms with E-state index in [1.54, 1.807) is 0 Å². The molecule has 2 rings (SSSR count). The molecule has 0 aromatic carbocycles. The van der Waals surface area contributed by atoms with Crippen LogP contribution in [0.4, 0.5) is 0 Å². The second-order valence-electron chi connectivity index (χ2n) is 4.43. The summed E-state index contributed by atoms with van der Waals surface area (Å²) in [7, 11) is 1.98. The molecule has 3 nitrogen and oxygen atoms in total. The van der Waals surface area contributed by atoms with E-state index < -0.39 is 0 Å². The van der Waals surface area contributed by atoms with E-state index in [0.29, 0.717) is 6.04 Å². The summed E-state index contributed by atoms with van der Waals surface area (Å²) in [5.74, 6) is 0. The third-order valence-corrected chi connectivity index (χ3v) is 3.24. The lowest BCUT2D eigenvalue weighted by Gasteiger charge is -2.21. The van der Waals surface area contributed by atoms with Gasteiger partial charge in [-0.15, -0.1) is 0 Å². The van der Waals surface area contributed by atoms with Gasteiger partial charge in [0.2, 0.25) is 0 Å². The number of nitrogens with one attached hydrogen (secondary N) is 1. The van der Waals surface area contributed by atoms with Gasteiger partial charge >= 0.3 is 0 Å². The van der Waals surface area contributed by atoms with E-state index in [1.165, 1.54) is 37.8 Å². The molecular weight excluding hydrogens is 186 g/mol. The zero-order chi connectivity index (χ0) is 10.5. The summed E-state index contributed by atoms with van der Waals surface area (Å²) in [6, 6.07) is 2.83. The molecule has 0 unspecified atom stereocenters. The summed E-state index contributed by atoms with van der Waals surface area (Å²) in [4.78, 5) is 0. The minimum absolute atomic E-state index is 0.669. The van der Waals surface area contributed by atoms with Crippen molar-refractivity contribution in [2.24, 2.45) is 0 Å². The molecule has 0 atom stereocenters. The first kappa shape index (κ1) is 10.7. The highest BCUT2D eigenvalue weighted by Gasteiger charge is 2.15. The zero-order valence-corrected chi connectivity index (χ0v) is 9.58. The zero-order valence-electron chi connectivity index (χ0n) is 9.58. The molecule has 1 N–H and O–H groups in total. The molecule has 0 saturated heterocycles. The van der Waals surface area contributed by atoms with Gasteiger partial charge in [-0.1, -0.05) is 19.3 Å². The van der Waals surface area contributed by atoms with Crippen LogP contribution in [-0.4, -0.2) is 23.4 Å². The summed E-state index contributed by atoms with van der Waals surface area (Å²) in [5.41, 5.74) is 1.22. The number of likely N-dealkylation sites (N-methyl/N-ethyl adjacent to an activating group) is 1. The maximum atomic E-state index is 4.65. The van der Waals surface area contributed by atoms with Gasteiger partial charge in [-0.2, -0.15) is 5.10 Å². The molecule has 1 aliphatic carbocycles. The Morgan fingerprint density at radius 1 is 1.40 bits per heavy atom. The standard InChI is InChI=1S/C12H21N3/c1-13-9-7-11-8-10-15(14-11)12-5-3-2-4-6-12/h8,10,12-13H,2-7,9H2,1H3. The Hall–Kier alpha value is -0.830. The van der Waals surface area contributed by atoms with Gasteiger partial charge in [-0.25, -0.2) is 0 Å². The molecule has 84 valence electrons. The predicted octanol–water partition coefficient (Wildman–Crippen LogP) is 2.15. The fourth-order valence-corrected chi connectivity index (χ4v) is 2.31. The second-order valence-corrected chi connectivity index (χ2v) is 4.43. The molecule has 3 heteroatoms. The first-order valence-corrected chi connectivity index (χ1v) is 6.09. The molecule has 1 fully saturated rings. The average Bonchev–Trinajstić information content (AvgIpc) is 2.76. The number of hydrogen-bond donors (Lipinski definition) is 1. The Kier molecular flexibility index (Phi) is 3.78. The van der Waals surface area contributed by atoms with Crippen molar-refractivity contribution < 1.29 is 0 Å². The van der Waals surface area contributed by atoms with Crippen molar-refractivity contribution in [3.63, 3.8) is 0 Å². The largest absolute Gasteiger partial charge is 0.319 e. The quantitative estimate of drug-likeness (QED) is 0.820. The maximum absolute atomic E-state index is 4.65. The Bertz CT molecular complexity index is 287. The fourth-order valence-electron chi connectivity index (χ4n) is 2.31. The molecule has 1 aromatic rings. The lowest BCUT2D eigenvalue weighted by Crippen LogP contribution is -2.14. The lowest BCUT2D eigenvalue weighted by molar-refractivity contribution is 0.328. The molecule has 15 heavy (non-hydrogen) atoms. The third-order valence-electron chi connectivity index (χ3n) is 3.24. The van der Waals surface area contributed by atoms with Crippen molar-refractivity contribution in [1.29, 1.82) is 0 Å². The van der Waals surface area contributed by atoms with Crippen LogP contribution in [0.3, 0.4) is 0 Å². The topological polar surface area (TPSA) is 29.9 Å². The van der Waals surface area contributed by atoms with E-state index in [4.69, 9.17) is 0 Å². The number of hydrogen-bond acceptors (Lipinski definition) is 2. The second kappa shape index (κ2) is 5.31. The minimum atomic E-state index is 0.669. The first-order chi connectivity index (χ1) is 7.40. The third kappa shape index (κ3) is 2.81. The summed E-state index contributed by atoms with van der Waals surface area (Å²) >= 11 is 0. The van der Waals surface area contributed by atoms with Crippen LogP contribution in [0.25, 0.3) is 0 Å². The molecule has 1 aromatic heterocycles. The first-order valence-electron chi connectivity index (χ1n) is 6.09. The predicted molar refractivity (Wildman–Crippen MR) is 62.0 cm³/mol. The minimum Gasteiger partial charge on any atom is -0.319 e. The van der Waals surface area contributed by atoms with Gasteiger partial charge in [0.05, 0.1) is 11.7 Å². The molecule has 0 spiro atoms. The molecule has 1 aliphatic rings. The summed E-state index contributed by atoms with van der Waals surface area (Å²) in [5, 5.41) is 7.80. The van der Waals surface area contributed by atoms with Crippen molar-refractivity contribution in [2.75, 3.05) is 13.6 Å². The lowest BCUT2D eigenvalue weighted by atomic mass is 9.96. The normalized spacial score (nSPS) is 18.2. The monoisotopic (exact) mass is 207 g/mol. The Balaban J connectivity index is 1.93. The Morgan fingerprint density at radius 2 is 2.20 bits per heavy atom. The number of aromatic nitrogens is 2. The van der Waals surface area contributed by atoms with E-state index in [1.807, 2.05) is 7.05 Å². The van der Waals surface area contributed by atoms with Crippen LogP contribution in [0, 0.1) is 0 Å². The van der Waals surface area contributed by atoms with Gasteiger partial charge in [-0.05, 0) is 26.0 Å². The molecule has 0 radical (unpaired) electrons. The molecule has 1 saturated carbocycles. The molecule has 0 bridgehead atoms. The van der Waals surface area contributed by atoms with Crippen LogP contribution in [0.1, 0.15) is 43.8 Å². The molecule has 0 amide bonds. The van der Waals surface area contributed by atoms with E-state index in [2.05, 4.69) is 27.4 Å². The van der Waals surface area contributed by atoms with Crippen LogP contribution < -0.4 is 5.32 Å². The van der Waals surface area contributed by atoms with Crippen LogP contribution in [0.5, 0.6) is 0 Å².